The van der Waals surface area contributed by atoms with Crippen molar-refractivity contribution in [1.29, 1.82) is 0 Å². The molecular weight excluding hydrogens is 186 g/mol. The molecule has 84 valence electrons. The fraction of sp³-hybridized carbons (Fsp3) is 0.750. The monoisotopic (exact) mass is 207 g/mol. The maximum Gasteiger partial charge on any atom is 0.120 e. The minimum Gasteiger partial charge on any atom is -0.348 e. The summed E-state index contributed by atoms with van der Waals surface area (Å²) in [6, 6.07) is 0.703. The normalized spacial score (nSPS) is 26.7. The molecular formula is C12H21N3. The summed E-state index contributed by atoms with van der Waals surface area (Å²) in [7, 11) is 0. The molecule has 3 nitrogen and oxygen atoms in total. The van der Waals surface area contributed by atoms with Crippen LogP contribution in [0.4, 0.5) is 0 Å². The summed E-state index contributed by atoms with van der Waals surface area (Å²) in [6.45, 7) is 3.19. The van der Waals surface area contributed by atoms with E-state index in [1.54, 1.807) is 0 Å². The number of rotatable bonds is 4. The fourth-order valence-corrected chi connectivity index (χ4v) is 2.48. The summed E-state index contributed by atoms with van der Waals surface area (Å²) in [5.41, 5.74) is 0. The van der Waals surface area contributed by atoms with Crippen molar-refractivity contribution in [3.63, 3.8) is 0 Å². The smallest absolute Gasteiger partial charge is 0.120 e. The summed E-state index contributed by atoms with van der Waals surface area (Å²) < 4.78 is 0. The molecule has 0 bridgehead atoms. The van der Waals surface area contributed by atoms with Crippen molar-refractivity contribution in [3.8, 4) is 0 Å². The van der Waals surface area contributed by atoms with Crippen molar-refractivity contribution < 1.29 is 0 Å². The molecule has 2 atom stereocenters. The first-order valence-corrected chi connectivity index (χ1v) is 6.10. The van der Waals surface area contributed by atoms with Gasteiger partial charge in [-0.15, -0.1) is 0 Å². The van der Waals surface area contributed by atoms with Gasteiger partial charge < -0.3 is 10.3 Å². The van der Waals surface area contributed by atoms with Gasteiger partial charge in [0.1, 0.15) is 5.82 Å². The Morgan fingerprint density at radius 3 is 3.20 bits per heavy atom. The van der Waals surface area contributed by atoms with Gasteiger partial charge in [-0.2, -0.15) is 0 Å². The number of imidazole rings is 1. The molecule has 0 spiro atoms. The van der Waals surface area contributed by atoms with E-state index in [1.807, 2.05) is 12.4 Å². The number of nitrogens with zero attached hydrogens (tertiary/aromatic N) is 1. The SMILES string of the molecule is CCC1CCCC(NCc2ncc[nH]2)C1. The molecule has 0 amide bonds. The van der Waals surface area contributed by atoms with Gasteiger partial charge in [0.05, 0.1) is 6.54 Å². The lowest BCUT2D eigenvalue weighted by Gasteiger charge is -2.28. The van der Waals surface area contributed by atoms with Crippen molar-refractivity contribution in [2.75, 3.05) is 0 Å². The lowest BCUT2D eigenvalue weighted by molar-refractivity contribution is 0.277. The Balaban J connectivity index is 1.74. The topological polar surface area (TPSA) is 40.7 Å². The van der Waals surface area contributed by atoms with Gasteiger partial charge in [0, 0.05) is 18.4 Å². The van der Waals surface area contributed by atoms with Crippen LogP contribution in [-0.2, 0) is 6.54 Å². The molecule has 15 heavy (non-hydrogen) atoms. The number of aromatic amines is 1. The van der Waals surface area contributed by atoms with Crippen LogP contribution in [0.15, 0.2) is 12.4 Å². The Labute approximate surface area is 91.7 Å². The van der Waals surface area contributed by atoms with Gasteiger partial charge in [-0.25, -0.2) is 4.98 Å². The number of hydrogen-bond acceptors (Lipinski definition) is 2. The molecule has 2 N–H and O–H groups in total. The zero-order valence-electron chi connectivity index (χ0n) is 9.50. The van der Waals surface area contributed by atoms with Crippen molar-refractivity contribution in [2.45, 2.75) is 51.6 Å². The second kappa shape index (κ2) is 5.31. The number of hydrogen-bond donors (Lipinski definition) is 2. The number of nitrogens with one attached hydrogen (secondary N) is 2. The Bertz CT molecular complexity index is 268. The van der Waals surface area contributed by atoms with Gasteiger partial charge in [0.2, 0.25) is 0 Å². The molecule has 1 aliphatic carbocycles. The van der Waals surface area contributed by atoms with Crippen LogP contribution < -0.4 is 5.32 Å². The van der Waals surface area contributed by atoms with Crippen LogP contribution >= 0.6 is 0 Å². The van der Waals surface area contributed by atoms with E-state index in [9.17, 15) is 0 Å². The third-order valence-electron chi connectivity index (χ3n) is 3.47. The van der Waals surface area contributed by atoms with Gasteiger partial charge in [-0.1, -0.05) is 26.2 Å². The van der Waals surface area contributed by atoms with Crippen molar-refractivity contribution in [2.24, 2.45) is 5.92 Å². The molecule has 1 aromatic rings. The zero-order valence-corrected chi connectivity index (χ0v) is 9.50. The second-order valence-corrected chi connectivity index (χ2v) is 4.55. The molecule has 0 radical (unpaired) electrons. The van der Waals surface area contributed by atoms with E-state index in [2.05, 4.69) is 22.2 Å². The van der Waals surface area contributed by atoms with E-state index in [-0.39, 0.29) is 0 Å². The maximum absolute atomic E-state index is 4.22. The first kappa shape index (κ1) is 10.7. The van der Waals surface area contributed by atoms with E-state index < -0.39 is 0 Å². The predicted octanol–water partition coefficient (Wildman–Crippen LogP) is 2.47. The third-order valence-corrected chi connectivity index (χ3v) is 3.47. The molecule has 2 unspecified atom stereocenters. The average Bonchev–Trinajstić information content (AvgIpc) is 2.79. The Hall–Kier alpha value is -0.830. The van der Waals surface area contributed by atoms with Crippen molar-refractivity contribution >= 4 is 0 Å². The summed E-state index contributed by atoms with van der Waals surface area (Å²) >= 11 is 0. The average molecular weight is 207 g/mol. The van der Waals surface area contributed by atoms with Crippen LogP contribution in [0.2, 0.25) is 0 Å². The molecule has 1 aromatic heterocycles. The molecule has 0 aliphatic heterocycles. The fourth-order valence-electron chi connectivity index (χ4n) is 2.48. The van der Waals surface area contributed by atoms with Crippen LogP contribution in [-0.4, -0.2) is 16.0 Å². The van der Waals surface area contributed by atoms with Gasteiger partial charge in [-0.3, -0.25) is 0 Å². The molecule has 1 saturated carbocycles. The van der Waals surface area contributed by atoms with Gasteiger partial charge in [0.25, 0.3) is 0 Å². The van der Waals surface area contributed by atoms with Crippen molar-refractivity contribution in [3.05, 3.63) is 18.2 Å². The highest BCUT2D eigenvalue weighted by molar-refractivity contribution is 4.87. The summed E-state index contributed by atoms with van der Waals surface area (Å²) in [6.07, 6.45) is 10.5. The summed E-state index contributed by atoms with van der Waals surface area (Å²) in [5.74, 6) is 1.99. The molecule has 0 saturated heterocycles. The van der Waals surface area contributed by atoms with Gasteiger partial charge in [0.15, 0.2) is 0 Å². The van der Waals surface area contributed by atoms with E-state index in [0.717, 1.165) is 18.3 Å². The van der Waals surface area contributed by atoms with E-state index >= 15 is 0 Å². The van der Waals surface area contributed by atoms with Crippen LogP contribution in [0.3, 0.4) is 0 Å². The standard InChI is InChI=1S/C12H21N3/c1-2-10-4-3-5-11(8-10)15-9-12-13-6-7-14-12/h6-7,10-11,15H,2-5,8-9H2,1H3,(H,13,14). The Kier molecular flexibility index (Phi) is 3.78. The van der Waals surface area contributed by atoms with Crippen molar-refractivity contribution in [1.82, 2.24) is 15.3 Å². The minimum absolute atomic E-state index is 0.703. The number of aromatic nitrogens is 2. The molecule has 1 aliphatic rings. The molecule has 2 rings (SSSR count). The van der Waals surface area contributed by atoms with Crippen LogP contribution in [0, 0.1) is 5.92 Å². The van der Waals surface area contributed by atoms with Gasteiger partial charge in [-0.05, 0) is 18.8 Å². The second-order valence-electron chi connectivity index (χ2n) is 4.55. The van der Waals surface area contributed by atoms with Gasteiger partial charge >= 0.3 is 0 Å². The molecule has 3 heteroatoms. The Morgan fingerprint density at radius 2 is 2.47 bits per heavy atom. The van der Waals surface area contributed by atoms with E-state index in [1.165, 1.54) is 32.1 Å². The molecule has 0 aromatic carbocycles. The lowest BCUT2D eigenvalue weighted by Crippen LogP contribution is -2.33. The highest BCUT2D eigenvalue weighted by Gasteiger charge is 2.20. The highest BCUT2D eigenvalue weighted by Crippen LogP contribution is 2.26. The van der Waals surface area contributed by atoms with Crippen LogP contribution in [0.5, 0.6) is 0 Å². The van der Waals surface area contributed by atoms with Crippen LogP contribution in [0.1, 0.15) is 44.9 Å². The molecule has 1 fully saturated rings. The first-order valence-electron chi connectivity index (χ1n) is 6.10. The third kappa shape index (κ3) is 3.06. The minimum atomic E-state index is 0.703. The maximum atomic E-state index is 4.22. The predicted molar refractivity (Wildman–Crippen MR) is 61.5 cm³/mol. The zero-order chi connectivity index (χ0) is 10.5. The number of H-pyrrole nitrogens is 1. The summed E-state index contributed by atoms with van der Waals surface area (Å²) in [4.78, 5) is 7.35. The largest absolute Gasteiger partial charge is 0.348 e. The molecule has 1 heterocycles. The van der Waals surface area contributed by atoms with Crippen LogP contribution in [0.25, 0.3) is 0 Å². The first-order chi connectivity index (χ1) is 7.38. The highest BCUT2D eigenvalue weighted by atomic mass is 15.0. The quantitative estimate of drug-likeness (QED) is 0.796. The van der Waals surface area contributed by atoms with E-state index in [4.69, 9.17) is 0 Å². The Morgan fingerprint density at radius 1 is 1.53 bits per heavy atom. The van der Waals surface area contributed by atoms with E-state index in [0.29, 0.717) is 6.04 Å². The lowest BCUT2D eigenvalue weighted by atomic mass is 9.84. The summed E-state index contributed by atoms with van der Waals surface area (Å²) in [5, 5.41) is 3.59.